The van der Waals surface area contributed by atoms with Crippen molar-refractivity contribution in [1.82, 2.24) is 9.97 Å². The Morgan fingerprint density at radius 1 is 1.20 bits per heavy atom. The van der Waals surface area contributed by atoms with Gasteiger partial charge in [0, 0.05) is 31.0 Å². The van der Waals surface area contributed by atoms with Crippen LogP contribution >= 0.6 is 0 Å². The van der Waals surface area contributed by atoms with Gasteiger partial charge >= 0.3 is 0 Å². The number of hydrogen-bond donors (Lipinski definition) is 1. The summed E-state index contributed by atoms with van der Waals surface area (Å²) in [4.78, 5) is 27.6. The van der Waals surface area contributed by atoms with E-state index in [9.17, 15) is 4.79 Å². The predicted octanol–water partition coefficient (Wildman–Crippen LogP) is 3.57. The summed E-state index contributed by atoms with van der Waals surface area (Å²) >= 11 is 0. The van der Waals surface area contributed by atoms with E-state index in [4.69, 9.17) is 9.98 Å². The second-order valence-electron chi connectivity index (χ2n) is 8.88. The van der Waals surface area contributed by atoms with E-state index in [0.717, 1.165) is 23.5 Å². The van der Waals surface area contributed by atoms with Crippen LogP contribution in [-0.4, -0.2) is 35.3 Å². The summed E-state index contributed by atoms with van der Waals surface area (Å²) in [5.74, 6) is 1.39. The molecule has 1 aromatic heterocycles. The van der Waals surface area contributed by atoms with E-state index in [1.807, 2.05) is 7.05 Å². The molecule has 5 heteroatoms. The first-order valence-electron chi connectivity index (χ1n) is 9.68. The summed E-state index contributed by atoms with van der Waals surface area (Å²) in [6.45, 7) is 9.45. The highest BCUT2D eigenvalue weighted by Gasteiger charge is 2.31. The van der Waals surface area contributed by atoms with Crippen LogP contribution in [0.3, 0.4) is 0 Å². The molecule has 2 aliphatic rings. The molecule has 2 heterocycles. The topological polar surface area (TPSA) is 61.4 Å². The molecule has 1 fully saturated rings. The molecular weight excluding hydrogens is 312 g/mol. The summed E-state index contributed by atoms with van der Waals surface area (Å²) in [5, 5.41) is 0. The number of H-pyrrole nitrogens is 1. The van der Waals surface area contributed by atoms with Gasteiger partial charge in [-0.1, -0.05) is 40.0 Å². The maximum atomic E-state index is 12.7. The molecule has 1 aliphatic carbocycles. The lowest BCUT2D eigenvalue weighted by Gasteiger charge is -2.30. The molecule has 0 amide bonds. The number of rotatable bonds is 3. The highest BCUT2D eigenvalue weighted by atomic mass is 16.1. The average molecular weight is 345 g/mol. The standard InChI is InChI=1S/C20H32N4O/c1-13-11-15-16(17(21-13)20(2,3)4)22-19(23-18(15)25)24(5)12-14-9-7-6-8-10-14/h13-14H,6-12H2,1-5H3,(H,22,23,25). The Morgan fingerprint density at radius 2 is 1.88 bits per heavy atom. The third kappa shape index (κ3) is 3.96. The molecule has 1 unspecified atom stereocenters. The number of aromatic nitrogens is 2. The van der Waals surface area contributed by atoms with Gasteiger partial charge in [0.1, 0.15) is 0 Å². The zero-order valence-corrected chi connectivity index (χ0v) is 16.4. The van der Waals surface area contributed by atoms with Gasteiger partial charge in [0.05, 0.1) is 17.4 Å². The third-order valence-electron chi connectivity index (χ3n) is 5.41. The van der Waals surface area contributed by atoms with Gasteiger partial charge in [0.15, 0.2) is 0 Å². The van der Waals surface area contributed by atoms with Crippen molar-refractivity contribution in [1.29, 1.82) is 0 Å². The summed E-state index contributed by atoms with van der Waals surface area (Å²) < 4.78 is 0. The molecule has 138 valence electrons. The molecule has 0 spiro atoms. The lowest BCUT2D eigenvalue weighted by Crippen LogP contribution is -2.37. The molecular formula is C20H32N4O. The summed E-state index contributed by atoms with van der Waals surface area (Å²) in [5.41, 5.74) is 2.43. The first-order valence-corrected chi connectivity index (χ1v) is 9.68. The van der Waals surface area contributed by atoms with E-state index >= 15 is 0 Å². The van der Waals surface area contributed by atoms with Crippen molar-refractivity contribution in [2.45, 2.75) is 72.3 Å². The van der Waals surface area contributed by atoms with Gasteiger partial charge in [-0.3, -0.25) is 14.8 Å². The van der Waals surface area contributed by atoms with Crippen LogP contribution in [-0.2, 0) is 6.42 Å². The van der Waals surface area contributed by atoms with Crippen molar-refractivity contribution >= 4 is 11.7 Å². The van der Waals surface area contributed by atoms with Crippen LogP contribution in [0, 0.1) is 11.3 Å². The van der Waals surface area contributed by atoms with Crippen molar-refractivity contribution in [3.05, 3.63) is 21.6 Å². The third-order valence-corrected chi connectivity index (χ3v) is 5.41. The van der Waals surface area contributed by atoms with Crippen LogP contribution in [0.5, 0.6) is 0 Å². The van der Waals surface area contributed by atoms with E-state index < -0.39 is 0 Å². The first kappa shape index (κ1) is 18.2. The normalized spacial score (nSPS) is 21.6. The van der Waals surface area contributed by atoms with Crippen molar-refractivity contribution in [3.8, 4) is 0 Å². The predicted molar refractivity (Wildman–Crippen MR) is 104 cm³/mol. The molecule has 1 atom stereocenters. The Kier molecular flexibility index (Phi) is 5.03. The van der Waals surface area contributed by atoms with Crippen LogP contribution in [0.15, 0.2) is 9.79 Å². The fraction of sp³-hybridized carbons (Fsp3) is 0.750. The highest BCUT2D eigenvalue weighted by molar-refractivity contribution is 6.04. The minimum absolute atomic E-state index is 0.000931. The maximum Gasteiger partial charge on any atom is 0.256 e. The quantitative estimate of drug-likeness (QED) is 0.912. The molecule has 0 bridgehead atoms. The van der Waals surface area contributed by atoms with Crippen LogP contribution in [0.1, 0.15) is 71.1 Å². The molecule has 0 aromatic carbocycles. The number of anilines is 1. The van der Waals surface area contributed by atoms with Gasteiger partial charge in [0.25, 0.3) is 5.56 Å². The SMILES string of the molecule is CC1Cc2c(nc(N(C)CC3CCCCC3)[nH]c2=O)C(C(C)(C)C)=N1. The number of nitrogens with one attached hydrogen (secondary N) is 1. The fourth-order valence-corrected chi connectivity index (χ4v) is 4.07. The Hall–Kier alpha value is -1.65. The van der Waals surface area contributed by atoms with E-state index in [0.29, 0.717) is 18.3 Å². The van der Waals surface area contributed by atoms with Crippen LogP contribution in [0.2, 0.25) is 0 Å². The number of aliphatic imine (C=N–C) groups is 1. The Balaban J connectivity index is 1.93. The largest absolute Gasteiger partial charge is 0.345 e. The minimum Gasteiger partial charge on any atom is -0.345 e. The number of aromatic amines is 1. The zero-order chi connectivity index (χ0) is 18.2. The Morgan fingerprint density at radius 3 is 2.52 bits per heavy atom. The van der Waals surface area contributed by atoms with Crippen LogP contribution < -0.4 is 10.5 Å². The lowest BCUT2D eigenvalue weighted by atomic mass is 9.83. The fourth-order valence-electron chi connectivity index (χ4n) is 4.07. The zero-order valence-electron chi connectivity index (χ0n) is 16.4. The number of fused-ring (bicyclic) bond motifs is 1. The van der Waals surface area contributed by atoms with Gasteiger partial charge < -0.3 is 4.90 Å². The van der Waals surface area contributed by atoms with E-state index in [-0.39, 0.29) is 17.0 Å². The maximum absolute atomic E-state index is 12.7. The molecule has 0 saturated heterocycles. The van der Waals surface area contributed by atoms with Crippen molar-refractivity contribution in [2.75, 3.05) is 18.5 Å². The molecule has 1 aromatic rings. The van der Waals surface area contributed by atoms with E-state index in [2.05, 4.69) is 37.6 Å². The molecule has 3 rings (SSSR count). The smallest absolute Gasteiger partial charge is 0.256 e. The minimum atomic E-state index is -0.122. The molecule has 1 N–H and O–H groups in total. The van der Waals surface area contributed by atoms with E-state index in [1.54, 1.807) is 0 Å². The second kappa shape index (κ2) is 6.93. The molecule has 0 radical (unpaired) electrons. The Bertz CT molecular complexity index is 707. The van der Waals surface area contributed by atoms with Crippen molar-refractivity contribution < 1.29 is 0 Å². The molecule has 1 saturated carbocycles. The first-order chi connectivity index (χ1) is 11.8. The van der Waals surface area contributed by atoms with Gasteiger partial charge in [-0.25, -0.2) is 4.98 Å². The van der Waals surface area contributed by atoms with E-state index in [1.165, 1.54) is 32.1 Å². The van der Waals surface area contributed by atoms with Crippen LogP contribution in [0.25, 0.3) is 0 Å². The number of nitrogens with zero attached hydrogens (tertiary/aromatic N) is 3. The summed E-state index contributed by atoms with van der Waals surface area (Å²) in [6.07, 6.45) is 7.25. The summed E-state index contributed by atoms with van der Waals surface area (Å²) in [7, 11) is 2.04. The average Bonchev–Trinajstić information content (AvgIpc) is 2.54. The van der Waals surface area contributed by atoms with Crippen molar-refractivity contribution in [2.24, 2.45) is 16.3 Å². The number of hydrogen-bond acceptors (Lipinski definition) is 4. The molecule has 1 aliphatic heterocycles. The van der Waals surface area contributed by atoms with Crippen LogP contribution in [0.4, 0.5) is 5.95 Å². The second-order valence-corrected chi connectivity index (χ2v) is 8.88. The van der Waals surface area contributed by atoms with Gasteiger partial charge in [-0.05, 0) is 25.7 Å². The monoisotopic (exact) mass is 344 g/mol. The van der Waals surface area contributed by atoms with Crippen molar-refractivity contribution in [3.63, 3.8) is 0 Å². The van der Waals surface area contributed by atoms with Gasteiger partial charge in [-0.2, -0.15) is 0 Å². The summed E-state index contributed by atoms with van der Waals surface area (Å²) in [6, 6.07) is 0.135. The highest BCUT2D eigenvalue weighted by Crippen LogP contribution is 2.29. The molecule has 5 nitrogen and oxygen atoms in total. The van der Waals surface area contributed by atoms with Gasteiger partial charge in [-0.15, -0.1) is 0 Å². The lowest BCUT2D eigenvalue weighted by molar-refractivity contribution is 0.361. The van der Waals surface area contributed by atoms with Gasteiger partial charge in [0.2, 0.25) is 5.95 Å². The Labute approximate surface area is 151 Å². The molecule has 25 heavy (non-hydrogen) atoms.